The van der Waals surface area contributed by atoms with Crippen molar-refractivity contribution in [3.05, 3.63) is 48.0 Å². The quantitative estimate of drug-likeness (QED) is 0.898. The number of aliphatic hydroxyl groups is 1. The van der Waals surface area contributed by atoms with Crippen LogP contribution < -0.4 is 4.90 Å². The lowest BCUT2D eigenvalue weighted by Gasteiger charge is -2.29. The Bertz CT molecular complexity index is 707. The molecule has 0 aliphatic carbocycles. The molecule has 0 bridgehead atoms. The van der Waals surface area contributed by atoms with Gasteiger partial charge >= 0.3 is 0 Å². The third-order valence-corrected chi connectivity index (χ3v) is 4.20. The number of amides is 1. The van der Waals surface area contributed by atoms with Gasteiger partial charge in [0.05, 0.1) is 18.7 Å². The Morgan fingerprint density at radius 2 is 2.08 bits per heavy atom. The summed E-state index contributed by atoms with van der Waals surface area (Å²) in [6, 6.07) is 5.32. The van der Waals surface area contributed by atoms with Gasteiger partial charge in [0.1, 0.15) is 5.60 Å². The molecule has 3 rings (SSSR count). The van der Waals surface area contributed by atoms with Gasteiger partial charge in [-0.3, -0.25) is 9.78 Å². The Morgan fingerprint density at radius 3 is 2.75 bits per heavy atom. The number of carbonyl (C=O) groups is 1. The largest absolute Gasteiger partial charge is 0.386 e. The zero-order valence-electron chi connectivity index (χ0n) is 13.9. The summed E-state index contributed by atoms with van der Waals surface area (Å²) in [6.45, 7) is 3.19. The van der Waals surface area contributed by atoms with Crippen LogP contribution in [-0.4, -0.2) is 63.1 Å². The van der Waals surface area contributed by atoms with Gasteiger partial charge in [-0.05, 0) is 31.5 Å². The highest BCUT2D eigenvalue weighted by Crippen LogP contribution is 2.25. The van der Waals surface area contributed by atoms with Crippen LogP contribution in [-0.2, 0) is 0 Å². The van der Waals surface area contributed by atoms with Crippen LogP contribution in [0, 0.1) is 6.92 Å². The van der Waals surface area contributed by atoms with Crippen LogP contribution >= 0.6 is 0 Å². The average molecular weight is 327 g/mol. The number of rotatable bonds is 4. The van der Waals surface area contributed by atoms with Crippen LogP contribution in [0.1, 0.15) is 22.5 Å². The average Bonchev–Trinajstić information content (AvgIpc) is 2.97. The van der Waals surface area contributed by atoms with Crippen LogP contribution in [0.4, 0.5) is 5.95 Å². The molecule has 0 saturated carbocycles. The van der Waals surface area contributed by atoms with E-state index < -0.39 is 5.60 Å². The number of pyridine rings is 1. The molecule has 1 fully saturated rings. The summed E-state index contributed by atoms with van der Waals surface area (Å²) < 4.78 is 0. The predicted molar refractivity (Wildman–Crippen MR) is 89.7 cm³/mol. The van der Waals surface area contributed by atoms with Crippen molar-refractivity contribution in [2.45, 2.75) is 18.9 Å². The van der Waals surface area contributed by atoms with Crippen LogP contribution in [0.2, 0.25) is 0 Å². The van der Waals surface area contributed by atoms with E-state index in [9.17, 15) is 9.90 Å². The first kappa shape index (κ1) is 16.3. The fourth-order valence-corrected chi connectivity index (χ4v) is 2.94. The zero-order chi connectivity index (χ0) is 17.2. The van der Waals surface area contributed by atoms with Crippen molar-refractivity contribution < 1.29 is 9.90 Å². The second-order valence-corrected chi connectivity index (χ2v) is 6.29. The highest BCUT2D eigenvalue weighted by molar-refractivity contribution is 5.93. The molecule has 0 radical (unpaired) electrons. The van der Waals surface area contributed by atoms with Crippen LogP contribution in [0.5, 0.6) is 0 Å². The first-order valence-electron chi connectivity index (χ1n) is 7.89. The normalized spacial score (nSPS) is 20.2. The molecule has 1 amide bonds. The molecule has 0 aromatic carbocycles. The van der Waals surface area contributed by atoms with Gasteiger partial charge in [0, 0.05) is 37.9 Å². The lowest BCUT2D eigenvalue weighted by molar-refractivity contribution is 0.0264. The zero-order valence-corrected chi connectivity index (χ0v) is 13.9. The van der Waals surface area contributed by atoms with E-state index in [0.29, 0.717) is 31.0 Å². The molecule has 1 saturated heterocycles. The topological polar surface area (TPSA) is 82.5 Å². The Hall–Kier alpha value is -2.54. The van der Waals surface area contributed by atoms with Gasteiger partial charge in [0.2, 0.25) is 5.95 Å². The van der Waals surface area contributed by atoms with Gasteiger partial charge in [-0.2, -0.15) is 0 Å². The van der Waals surface area contributed by atoms with Gasteiger partial charge in [-0.1, -0.05) is 0 Å². The standard InChI is InChI=1S/C17H21N5O2/c1-13-4-5-14(10-20-13)15(23)21(2)11-17(24)6-9-22(12-17)16-18-7-3-8-19-16/h3-5,7-8,10,24H,6,9,11-12H2,1-2H3/t17-/m1/s1. The van der Waals surface area contributed by atoms with Gasteiger partial charge in [0.25, 0.3) is 5.91 Å². The minimum atomic E-state index is -0.970. The van der Waals surface area contributed by atoms with Crippen LogP contribution in [0.3, 0.4) is 0 Å². The number of β-amino-alcohol motifs (C(OH)–C–C–N with tert-alkyl or cyclic N) is 1. The predicted octanol–water partition coefficient (Wildman–Crippen LogP) is 0.893. The van der Waals surface area contributed by atoms with Crippen molar-refractivity contribution in [1.82, 2.24) is 19.9 Å². The van der Waals surface area contributed by atoms with E-state index in [1.54, 1.807) is 48.7 Å². The molecule has 7 heteroatoms. The molecule has 3 heterocycles. The molecule has 0 spiro atoms. The van der Waals surface area contributed by atoms with E-state index in [-0.39, 0.29) is 12.5 Å². The first-order chi connectivity index (χ1) is 11.5. The molecule has 2 aromatic rings. The minimum absolute atomic E-state index is 0.148. The Labute approximate surface area is 141 Å². The Kier molecular flexibility index (Phi) is 4.44. The monoisotopic (exact) mass is 327 g/mol. The second kappa shape index (κ2) is 6.52. The second-order valence-electron chi connectivity index (χ2n) is 6.29. The number of likely N-dealkylation sites (N-methyl/N-ethyl adjacent to an activating group) is 1. The number of hydrogen-bond acceptors (Lipinski definition) is 6. The Morgan fingerprint density at radius 1 is 1.33 bits per heavy atom. The minimum Gasteiger partial charge on any atom is -0.386 e. The van der Waals surface area contributed by atoms with E-state index in [2.05, 4.69) is 15.0 Å². The smallest absolute Gasteiger partial charge is 0.255 e. The summed E-state index contributed by atoms with van der Waals surface area (Å²) in [6.07, 6.45) is 5.49. The Balaban J connectivity index is 1.64. The molecule has 0 unspecified atom stereocenters. The van der Waals surface area contributed by atoms with Crippen molar-refractivity contribution in [1.29, 1.82) is 0 Å². The fraction of sp³-hybridized carbons (Fsp3) is 0.412. The third kappa shape index (κ3) is 3.51. The summed E-state index contributed by atoms with van der Waals surface area (Å²) in [4.78, 5) is 28.5. The number of nitrogens with zero attached hydrogens (tertiary/aromatic N) is 5. The van der Waals surface area contributed by atoms with Crippen molar-refractivity contribution in [2.24, 2.45) is 0 Å². The maximum absolute atomic E-state index is 12.5. The summed E-state index contributed by atoms with van der Waals surface area (Å²) in [5.41, 5.74) is 0.414. The van der Waals surface area contributed by atoms with Gasteiger partial charge < -0.3 is 14.9 Å². The molecular weight excluding hydrogens is 306 g/mol. The lowest BCUT2D eigenvalue weighted by Crippen LogP contribution is -2.46. The van der Waals surface area contributed by atoms with Crippen LogP contribution in [0.15, 0.2) is 36.8 Å². The molecule has 126 valence electrons. The van der Waals surface area contributed by atoms with Crippen molar-refractivity contribution >= 4 is 11.9 Å². The van der Waals surface area contributed by atoms with Gasteiger partial charge in [-0.25, -0.2) is 9.97 Å². The van der Waals surface area contributed by atoms with Crippen molar-refractivity contribution in [3.63, 3.8) is 0 Å². The SMILES string of the molecule is Cc1ccc(C(=O)N(C)C[C@]2(O)CCN(c3ncccn3)C2)cn1. The number of aromatic nitrogens is 3. The van der Waals surface area contributed by atoms with Crippen molar-refractivity contribution in [3.8, 4) is 0 Å². The molecular formula is C17H21N5O2. The molecule has 1 atom stereocenters. The highest BCUT2D eigenvalue weighted by Gasteiger charge is 2.39. The first-order valence-corrected chi connectivity index (χ1v) is 7.89. The number of carbonyl (C=O) groups excluding carboxylic acids is 1. The van der Waals surface area contributed by atoms with Gasteiger partial charge in [0.15, 0.2) is 0 Å². The number of hydrogen-bond donors (Lipinski definition) is 1. The molecule has 7 nitrogen and oxygen atoms in total. The number of aryl methyl sites for hydroxylation is 1. The molecule has 1 aliphatic rings. The third-order valence-electron chi connectivity index (χ3n) is 4.20. The van der Waals surface area contributed by atoms with E-state index in [4.69, 9.17) is 0 Å². The van der Waals surface area contributed by atoms with Crippen LogP contribution in [0.25, 0.3) is 0 Å². The molecule has 1 aliphatic heterocycles. The maximum Gasteiger partial charge on any atom is 0.255 e. The van der Waals surface area contributed by atoms with E-state index in [0.717, 1.165) is 5.69 Å². The lowest BCUT2D eigenvalue weighted by atomic mass is 10.0. The summed E-state index contributed by atoms with van der Waals surface area (Å²) in [7, 11) is 1.70. The summed E-state index contributed by atoms with van der Waals surface area (Å²) in [5, 5.41) is 10.8. The van der Waals surface area contributed by atoms with E-state index in [1.807, 2.05) is 11.8 Å². The fourth-order valence-electron chi connectivity index (χ4n) is 2.94. The van der Waals surface area contributed by atoms with Gasteiger partial charge in [-0.15, -0.1) is 0 Å². The van der Waals surface area contributed by atoms with Crippen molar-refractivity contribution in [2.75, 3.05) is 31.6 Å². The van der Waals surface area contributed by atoms with E-state index in [1.165, 1.54) is 0 Å². The number of anilines is 1. The summed E-state index contributed by atoms with van der Waals surface area (Å²) in [5.74, 6) is 0.454. The maximum atomic E-state index is 12.5. The molecule has 1 N–H and O–H groups in total. The summed E-state index contributed by atoms with van der Waals surface area (Å²) >= 11 is 0. The van der Waals surface area contributed by atoms with E-state index >= 15 is 0 Å². The molecule has 2 aromatic heterocycles. The molecule has 24 heavy (non-hydrogen) atoms. The highest BCUT2D eigenvalue weighted by atomic mass is 16.3.